The molecule has 108 valence electrons. The monoisotopic (exact) mass is 293 g/mol. The summed E-state index contributed by atoms with van der Waals surface area (Å²) >= 11 is 1.99. The van der Waals surface area contributed by atoms with Gasteiger partial charge < -0.3 is 4.42 Å². The van der Waals surface area contributed by atoms with Crippen LogP contribution in [0.15, 0.2) is 16.8 Å². The van der Waals surface area contributed by atoms with Gasteiger partial charge in [0.25, 0.3) is 0 Å². The minimum absolute atomic E-state index is 0.374. The maximum absolute atomic E-state index is 5.63. The van der Waals surface area contributed by atoms with Crippen LogP contribution in [-0.2, 0) is 20.0 Å². The van der Waals surface area contributed by atoms with Crippen molar-refractivity contribution in [2.24, 2.45) is 7.05 Å². The lowest BCUT2D eigenvalue weighted by atomic mass is 10.1. The average molecular weight is 293 g/mol. The molecule has 0 bridgehead atoms. The molecule has 1 aliphatic heterocycles. The van der Waals surface area contributed by atoms with Crippen molar-refractivity contribution in [2.75, 3.05) is 18.1 Å². The molecule has 2 aromatic rings. The zero-order valence-electron chi connectivity index (χ0n) is 11.8. The van der Waals surface area contributed by atoms with Gasteiger partial charge in [0, 0.05) is 49.3 Å². The van der Waals surface area contributed by atoms with Crippen molar-refractivity contribution in [2.45, 2.75) is 25.9 Å². The van der Waals surface area contributed by atoms with Crippen LogP contribution in [0.4, 0.5) is 0 Å². The summed E-state index contributed by atoms with van der Waals surface area (Å²) in [6, 6.07) is 0.374. The molecule has 20 heavy (non-hydrogen) atoms. The second-order valence-corrected chi connectivity index (χ2v) is 6.10. The Bertz CT molecular complexity index is 567. The van der Waals surface area contributed by atoms with Gasteiger partial charge in [-0.1, -0.05) is 6.92 Å². The minimum Gasteiger partial charge on any atom is -0.424 e. The summed E-state index contributed by atoms with van der Waals surface area (Å²) in [4.78, 5) is 2.40. The SMILES string of the molecule is CCc1nnc(CN2CCSCC2c2cnn(C)c2)o1. The maximum Gasteiger partial charge on any atom is 0.230 e. The Labute approximate surface area is 122 Å². The summed E-state index contributed by atoms with van der Waals surface area (Å²) in [5.41, 5.74) is 1.26. The van der Waals surface area contributed by atoms with Crippen molar-refractivity contribution in [3.8, 4) is 0 Å². The highest BCUT2D eigenvalue weighted by molar-refractivity contribution is 7.99. The molecule has 1 fully saturated rings. The summed E-state index contributed by atoms with van der Waals surface area (Å²) in [5.74, 6) is 3.65. The number of nitrogens with zero attached hydrogens (tertiary/aromatic N) is 5. The van der Waals surface area contributed by atoms with E-state index in [1.165, 1.54) is 5.56 Å². The molecule has 0 aromatic carbocycles. The van der Waals surface area contributed by atoms with Crippen molar-refractivity contribution in [1.82, 2.24) is 24.9 Å². The summed E-state index contributed by atoms with van der Waals surface area (Å²) in [6.07, 6.45) is 4.83. The number of aromatic nitrogens is 4. The predicted octanol–water partition coefficient (Wildman–Crippen LogP) is 1.66. The molecule has 1 atom stereocenters. The Hall–Kier alpha value is -1.34. The van der Waals surface area contributed by atoms with Crippen molar-refractivity contribution in [3.05, 3.63) is 29.7 Å². The summed E-state index contributed by atoms with van der Waals surface area (Å²) in [5, 5.41) is 12.4. The van der Waals surface area contributed by atoms with Crippen molar-refractivity contribution in [3.63, 3.8) is 0 Å². The van der Waals surface area contributed by atoms with Gasteiger partial charge in [0.2, 0.25) is 11.8 Å². The van der Waals surface area contributed by atoms with Gasteiger partial charge in [0.05, 0.1) is 12.7 Å². The summed E-state index contributed by atoms with van der Waals surface area (Å²) in [7, 11) is 1.95. The van der Waals surface area contributed by atoms with Gasteiger partial charge in [-0.3, -0.25) is 9.58 Å². The molecule has 0 amide bonds. The lowest BCUT2D eigenvalue weighted by Crippen LogP contribution is -2.35. The van der Waals surface area contributed by atoms with E-state index in [2.05, 4.69) is 26.4 Å². The fourth-order valence-electron chi connectivity index (χ4n) is 2.42. The second kappa shape index (κ2) is 5.97. The highest BCUT2D eigenvalue weighted by Gasteiger charge is 2.26. The Morgan fingerprint density at radius 3 is 2.95 bits per heavy atom. The third-order valence-electron chi connectivity index (χ3n) is 3.50. The summed E-state index contributed by atoms with van der Waals surface area (Å²) in [6.45, 7) is 3.77. The first-order valence-electron chi connectivity index (χ1n) is 6.88. The number of hydrogen-bond acceptors (Lipinski definition) is 6. The highest BCUT2D eigenvalue weighted by atomic mass is 32.2. The average Bonchev–Trinajstić information content (AvgIpc) is 3.08. The highest BCUT2D eigenvalue weighted by Crippen LogP contribution is 2.30. The first-order chi connectivity index (χ1) is 9.76. The lowest BCUT2D eigenvalue weighted by molar-refractivity contribution is 0.190. The molecule has 1 saturated heterocycles. The molecule has 0 N–H and O–H groups in total. The molecule has 3 rings (SSSR count). The van der Waals surface area contributed by atoms with Gasteiger partial charge in [-0.15, -0.1) is 10.2 Å². The number of rotatable bonds is 4. The van der Waals surface area contributed by atoms with Crippen LogP contribution in [-0.4, -0.2) is 42.9 Å². The van der Waals surface area contributed by atoms with Gasteiger partial charge in [-0.2, -0.15) is 16.9 Å². The van der Waals surface area contributed by atoms with Crippen LogP contribution in [0.1, 0.15) is 30.3 Å². The molecule has 3 heterocycles. The molecule has 0 aliphatic carbocycles. The lowest BCUT2D eigenvalue weighted by Gasteiger charge is -2.33. The molecular formula is C13H19N5OS. The molecule has 2 aromatic heterocycles. The quantitative estimate of drug-likeness (QED) is 0.854. The molecule has 1 aliphatic rings. The van der Waals surface area contributed by atoms with E-state index in [-0.39, 0.29) is 0 Å². The van der Waals surface area contributed by atoms with Crippen molar-refractivity contribution in [1.29, 1.82) is 0 Å². The summed E-state index contributed by atoms with van der Waals surface area (Å²) < 4.78 is 7.49. The zero-order valence-corrected chi connectivity index (χ0v) is 12.6. The first kappa shape index (κ1) is 13.6. The molecule has 1 unspecified atom stereocenters. The third-order valence-corrected chi connectivity index (χ3v) is 4.52. The fourth-order valence-corrected chi connectivity index (χ4v) is 3.57. The standard InChI is InChI=1S/C13H19N5OS/c1-3-12-15-16-13(19-12)8-18-4-5-20-9-11(18)10-6-14-17(2)7-10/h6-7,11H,3-5,8-9H2,1-2H3. The second-order valence-electron chi connectivity index (χ2n) is 4.95. The molecule has 0 spiro atoms. The molecule has 7 heteroatoms. The zero-order chi connectivity index (χ0) is 13.9. The third kappa shape index (κ3) is 2.88. The predicted molar refractivity (Wildman–Crippen MR) is 77.4 cm³/mol. The van der Waals surface area contributed by atoms with Crippen LogP contribution in [0.25, 0.3) is 0 Å². The Morgan fingerprint density at radius 1 is 1.40 bits per heavy atom. The van der Waals surface area contributed by atoms with Crippen LogP contribution in [0, 0.1) is 0 Å². The molecule has 6 nitrogen and oxygen atoms in total. The topological polar surface area (TPSA) is 60.0 Å². The minimum atomic E-state index is 0.374. The smallest absolute Gasteiger partial charge is 0.230 e. The van der Waals surface area contributed by atoms with Crippen LogP contribution < -0.4 is 0 Å². The number of aryl methyl sites for hydroxylation is 2. The molecule has 0 saturated carbocycles. The van der Waals surface area contributed by atoms with E-state index >= 15 is 0 Å². The first-order valence-corrected chi connectivity index (χ1v) is 8.03. The maximum atomic E-state index is 5.63. The molecular weight excluding hydrogens is 274 g/mol. The Balaban J connectivity index is 1.75. The van der Waals surface area contributed by atoms with Gasteiger partial charge in [0.1, 0.15) is 0 Å². The van der Waals surface area contributed by atoms with E-state index in [1.807, 2.05) is 36.6 Å². The number of thioether (sulfide) groups is 1. The van der Waals surface area contributed by atoms with Gasteiger partial charge >= 0.3 is 0 Å². The molecule has 0 radical (unpaired) electrons. The largest absolute Gasteiger partial charge is 0.424 e. The van der Waals surface area contributed by atoms with Crippen LogP contribution in [0.3, 0.4) is 0 Å². The fraction of sp³-hybridized carbons (Fsp3) is 0.615. The number of hydrogen-bond donors (Lipinski definition) is 0. The van der Waals surface area contributed by atoms with E-state index in [1.54, 1.807) is 0 Å². The van der Waals surface area contributed by atoms with Crippen LogP contribution in [0.5, 0.6) is 0 Å². The van der Waals surface area contributed by atoms with E-state index < -0.39 is 0 Å². The van der Waals surface area contributed by atoms with Crippen LogP contribution in [0.2, 0.25) is 0 Å². The Kier molecular flexibility index (Phi) is 4.07. The Morgan fingerprint density at radius 2 is 2.25 bits per heavy atom. The van der Waals surface area contributed by atoms with Gasteiger partial charge in [-0.05, 0) is 0 Å². The van der Waals surface area contributed by atoms with Crippen LogP contribution >= 0.6 is 11.8 Å². The van der Waals surface area contributed by atoms with E-state index in [0.717, 1.165) is 24.5 Å². The van der Waals surface area contributed by atoms with Crippen molar-refractivity contribution >= 4 is 11.8 Å². The van der Waals surface area contributed by atoms with E-state index in [4.69, 9.17) is 4.42 Å². The van der Waals surface area contributed by atoms with E-state index in [0.29, 0.717) is 24.4 Å². The van der Waals surface area contributed by atoms with Crippen molar-refractivity contribution < 1.29 is 4.42 Å². The van der Waals surface area contributed by atoms with Gasteiger partial charge in [-0.25, -0.2) is 0 Å². The van der Waals surface area contributed by atoms with E-state index in [9.17, 15) is 0 Å². The van der Waals surface area contributed by atoms with Gasteiger partial charge in [0.15, 0.2) is 0 Å². The normalized spacial score (nSPS) is 20.4.